The maximum Gasteiger partial charge on any atom is 0.333 e. The van der Waals surface area contributed by atoms with E-state index in [0.29, 0.717) is 6.42 Å². The van der Waals surface area contributed by atoms with E-state index in [1.807, 2.05) is 0 Å². The molecule has 6 heteroatoms. The van der Waals surface area contributed by atoms with E-state index in [4.69, 9.17) is 4.55 Å². The van der Waals surface area contributed by atoms with Gasteiger partial charge in [0.15, 0.2) is 0 Å². The molecule has 0 heterocycles. The summed E-state index contributed by atoms with van der Waals surface area (Å²) in [5, 5.41) is 0. The highest BCUT2D eigenvalue weighted by atomic mass is 32.2. The Balaban J connectivity index is 2.77. The van der Waals surface area contributed by atoms with Crippen LogP contribution in [0, 0.1) is 0 Å². The minimum absolute atomic E-state index is 0.0712. The second-order valence-corrected chi connectivity index (χ2v) is 5.12. The van der Waals surface area contributed by atoms with Gasteiger partial charge in [-0.25, -0.2) is 0 Å². The van der Waals surface area contributed by atoms with Gasteiger partial charge in [0.25, 0.3) is 0 Å². The molecular weight excluding hydrogens is 242 g/mol. The van der Waals surface area contributed by atoms with Crippen LogP contribution < -0.4 is 4.72 Å². The van der Waals surface area contributed by atoms with E-state index in [1.165, 1.54) is 6.92 Å². The molecular formula is C11H15NO4S. The number of carbonyl (C=O) groups excluding carboxylic acids is 1. The van der Waals surface area contributed by atoms with Crippen LogP contribution in [-0.4, -0.2) is 18.8 Å². The third-order valence-electron chi connectivity index (χ3n) is 2.26. The molecule has 0 amide bonds. The number of rotatable bonds is 5. The van der Waals surface area contributed by atoms with Crippen molar-refractivity contribution in [3.8, 4) is 0 Å². The quantitative estimate of drug-likeness (QED) is 0.778. The lowest BCUT2D eigenvalue weighted by atomic mass is 10.0. The summed E-state index contributed by atoms with van der Waals surface area (Å²) in [6, 6.07) is 6.46. The van der Waals surface area contributed by atoms with Crippen LogP contribution in [-0.2, 0) is 21.5 Å². The van der Waals surface area contributed by atoms with Crippen molar-refractivity contribution in [2.45, 2.75) is 26.3 Å². The van der Waals surface area contributed by atoms with Crippen LogP contribution >= 0.6 is 0 Å². The van der Waals surface area contributed by atoms with E-state index in [-0.39, 0.29) is 5.78 Å². The molecule has 2 N–H and O–H groups in total. The fraction of sp³-hybridized carbons (Fsp3) is 0.364. The first-order valence-corrected chi connectivity index (χ1v) is 6.55. The molecule has 94 valence electrons. The van der Waals surface area contributed by atoms with Gasteiger partial charge in [0.05, 0.1) is 0 Å². The Morgan fingerprint density at radius 3 is 2.29 bits per heavy atom. The van der Waals surface area contributed by atoms with Gasteiger partial charge in [0.2, 0.25) is 0 Å². The molecule has 0 aromatic heterocycles. The summed E-state index contributed by atoms with van der Waals surface area (Å²) in [6.45, 7) is 3.13. The van der Waals surface area contributed by atoms with Crippen molar-refractivity contribution in [3.63, 3.8) is 0 Å². The molecule has 0 aliphatic rings. The van der Waals surface area contributed by atoms with Gasteiger partial charge in [0, 0.05) is 12.5 Å². The largest absolute Gasteiger partial charge is 0.333 e. The molecule has 0 saturated carbocycles. The molecule has 0 aliphatic carbocycles. The summed E-state index contributed by atoms with van der Waals surface area (Å²) in [6.07, 6.45) is 0.361. The summed E-state index contributed by atoms with van der Waals surface area (Å²) >= 11 is 0. The van der Waals surface area contributed by atoms with Crippen LogP contribution in [0.2, 0.25) is 0 Å². The molecule has 1 unspecified atom stereocenters. The van der Waals surface area contributed by atoms with E-state index in [1.54, 1.807) is 31.2 Å². The van der Waals surface area contributed by atoms with Crippen LogP contribution in [0.1, 0.15) is 31.0 Å². The zero-order valence-electron chi connectivity index (χ0n) is 9.67. The monoisotopic (exact) mass is 257 g/mol. The van der Waals surface area contributed by atoms with Gasteiger partial charge in [-0.2, -0.15) is 13.1 Å². The van der Waals surface area contributed by atoms with Gasteiger partial charge in [-0.05, 0) is 25.0 Å². The van der Waals surface area contributed by atoms with Crippen LogP contribution in [0.3, 0.4) is 0 Å². The second kappa shape index (κ2) is 5.39. The minimum Gasteiger partial charge on any atom is -0.300 e. The molecule has 0 saturated heterocycles. The Morgan fingerprint density at radius 2 is 1.88 bits per heavy atom. The van der Waals surface area contributed by atoms with Crippen molar-refractivity contribution >= 4 is 16.1 Å². The van der Waals surface area contributed by atoms with Crippen molar-refractivity contribution in [3.05, 3.63) is 35.4 Å². The second-order valence-electron chi connectivity index (χ2n) is 3.93. The lowest BCUT2D eigenvalue weighted by Crippen LogP contribution is -2.25. The lowest BCUT2D eigenvalue weighted by molar-refractivity contribution is -0.116. The highest BCUT2D eigenvalue weighted by molar-refractivity contribution is 7.83. The molecule has 0 spiro atoms. The molecule has 1 aromatic carbocycles. The predicted octanol–water partition coefficient (Wildman–Crippen LogP) is 1.27. The third-order valence-corrected chi connectivity index (χ3v) is 2.91. The normalized spacial score (nSPS) is 13.4. The SMILES string of the molecule is CC(=O)Cc1ccc(C(C)NS(=O)(=O)O)cc1. The van der Waals surface area contributed by atoms with Gasteiger partial charge in [-0.1, -0.05) is 24.3 Å². The standard InChI is InChI=1S/C11H15NO4S/c1-8(13)7-10-3-5-11(6-4-10)9(2)12-17(14,15)16/h3-6,9,12H,7H2,1-2H3,(H,14,15,16). The molecule has 17 heavy (non-hydrogen) atoms. The smallest absolute Gasteiger partial charge is 0.300 e. The average Bonchev–Trinajstić information content (AvgIpc) is 2.15. The number of benzene rings is 1. The van der Waals surface area contributed by atoms with Gasteiger partial charge in [-0.3, -0.25) is 9.35 Å². The number of Topliss-reactive ketones (excluding diaryl/α,β-unsaturated/α-hetero) is 1. The van der Waals surface area contributed by atoms with E-state index in [2.05, 4.69) is 4.72 Å². The maximum atomic E-state index is 10.9. The third kappa shape index (κ3) is 5.08. The van der Waals surface area contributed by atoms with Gasteiger partial charge in [0.1, 0.15) is 5.78 Å². The van der Waals surface area contributed by atoms with Gasteiger partial charge >= 0.3 is 10.3 Å². The highest BCUT2D eigenvalue weighted by Crippen LogP contribution is 2.14. The van der Waals surface area contributed by atoms with E-state index in [9.17, 15) is 13.2 Å². The first-order valence-electron chi connectivity index (χ1n) is 5.11. The number of carbonyl (C=O) groups is 1. The fourth-order valence-electron chi connectivity index (χ4n) is 1.50. The van der Waals surface area contributed by atoms with Crippen molar-refractivity contribution in [2.24, 2.45) is 0 Å². The van der Waals surface area contributed by atoms with Crippen molar-refractivity contribution < 1.29 is 17.8 Å². The zero-order chi connectivity index (χ0) is 13.1. The average molecular weight is 257 g/mol. The topological polar surface area (TPSA) is 83.5 Å². The first-order chi connectivity index (χ1) is 7.78. The number of nitrogens with one attached hydrogen (secondary N) is 1. The summed E-state index contributed by atoms with van der Waals surface area (Å²) in [4.78, 5) is 10.9. The zero-order valence-corrected chi connectivity index (χ0v) is 10.5. The van der Waals surface area contributed by atoms with Gasteiger partial charge < -0.3 is 0 Å². The fourth-order valence-corrected chi connectivity index (χ4v) is 2.09. The molecule has 1 aromatic rings. The van der Waals surface area contributed by atoms with Crippen LogP contribution in [0.5, 0.6) is 0 Å². The highest BCUT2D eigenvalue weighted by Gasteiger charge is 2.12. The molecule has 1 atom stereocenters. The summed E-state index contributed by atoms with van der Waals surface area (Å²) in [5.41, 5.74) is 1.59. The Kier molecular flexibility index (Phi) is 4.39. The molecule has 0 fully saturated rings. The van der Waals surface area contributed by atoms with E-state index < -0.39 is 16.3 Å². The number of hydrogen-bond donors (Lipinski definition) is 2. The molecule has 0 radical (unpaired) electrons. The number of hydrogen-bond acceptors (Lipinski definition) is 3. The molecule has 5 nitrogen and oxygen atoms in total. The molecule has 0 aliphatic heterocycles. The van der Waals surface area contributed by atoms with Gasteiger partial charge in [-0.15, -0.1) is 0 Å². The van der Waals surface area contributed by atoms with Crippen LogP contribution in [0.15, 0.2) is 24.3 Å². The summed E-state index contributed by atoms with van der Waals surface area (Å²) in [5.74, 6) is 0.0712. The van der Waals surface area contributed by atoms with Crippen molar-refractivity contribution in [2.75, 3.05) is 0 Å². The van der Waals surface area contributed by atoms with Crippen molar-refractivity contribution in [1.82, 2.24) is 4.72 Å². The van der Waals surface area contributed by atoms with Crippen LogP contribution in [0.4, 0.5) is 0 Å². The summed E-state index contributed by atoms with van der Waals surface area (Å²) < 4.78 is 32.0. The predicted molar refractivity (Wildman–Crippen MR) is 63.9 cm³/mol. The molecule has 1 rings (SSSR count). The maximum absolute atomic E-state index is 10.9. The van der Waals surface area contributed by atoms with E-state index in [0.717, 1.165) is 11.1 Å². The Hall–Kier alpha value is -1.24. The summed E-state index contributed by atoms with van der Waals surface area (Å²) in [7, 11) is -4.20. The Bertz CT molecular complexity index is 493. The first kappa shape index (κ1) is 13.8. The van der Waals surface area contributed by atoms with E-state index >= 15 is 0 Å². The Morgan fingerprint density at radius 1 is 1.35 bits per heavy atom. The minimum atomic E-state index is -4.20. The Labute approximate surface area is 101 Å². The van der Waals surface area contributed by atoms with Crippen molar-refractivity contribution in [1.29, 1.82) is 0 Å². The lowest BCUT2D eigenvalue weighted by Gasteiger charge is -2.11. The number of ketones is 1. The molecule has 0 bridgehead atoms. The van der Waals surface area contributed by atoms with Crippen LogP contribution in [0.25, 0.3) is 0 Å².